The van der Waals surface area contributed by atoms with Gasteiger partial charge in [0.15, 0.2) is 22.1 Å². The number of anilines is 1. The number of aromatic nitrogens is 6. The molecule has 0 fully saturated rings. The molecule has 0 aliphatic rings. The molecule has 0 aliphatic carbocycles. The Kier molecular flexibility index (Phi) is 6.30. The van der Waals surface area contributed by atoms with Gasteiger partial charge in [-0.25, -0.2) is 28.1 Å². The molecule has 168 valence electrons. The number of H-pyrrole nitrogens is 1. The van der Waals surface area contributed by atoms with Crippen molar-refractivity contribution in [3.63, 3.8) is 0 Å². The van der Waals surface area contributed by atoms with Crippen LogP contribution < -0.4 is 15.2 Å². The van der Waals surface area contributed by atoms with Gasteiger partial charge < -0.3 is 15.0 Å². The summed E-state index contributed by atoms with van der Waals surface area (Å²) in [4.78, 5) is 14.0. The summed E-state index contributed by atoms with van der Waals surface area (Å²) in [6.07, 6.45) is 4.76. The van der Waals surface area contributed by atoms with E-state index in [0.29, 0.717) is 41.6 Å². The summed E-state index contributed by atoms with van der Waals surface area (Å²) < 4.78 is 32.6. The lowest BCUT2D eigenvalue weighted by atomic mass is 10.1. The van der Waals surface area contributed by atoms with Gasteiger partial charge in [0.1, 0.15) is 12.1 Å². The molecule has 4 aromatic rings. The number of fused-ring (bicyclic) bond motifs is 1. The summed E-state index contributed by atoms with van der Waals surface area (Å²) in [5.41, 5.74) is 8.91. The Morgan fingerprint density at radius 3 is 2.84 bits per heavy atom. The third-order valence-corrected chi connectivity index (χ3v) is 6.41. The number of hydrogen-bond donors (Lipinski definition) is 3. The van der Waals surface area contributed by atoms with Crippen molar-refractivity contribution in [2.24, 2.45) is 0 Å². The molecule has 0 atom stereocenters. The molecule has 0 saturated carbocycles. The predicted octanol–water partition coefficient (Wildman–Crippen LogP) is 1.90. The van der Waals surface area contributed by atoms with Gasteiger partial charge in [0.25, 0.3) is 0 Å². The number of aromatic amines is 1. The lowest BCUT2D eigenvalue weighted by Gasteiger charge is -2.12. The van der Waals surface area contributed by atoms with Gasteiger partial charge in [-0.15, -0.1) is 0 Å². The molecule has 0 aliphatic heterocycles. The maximum atomic E-state index is 11.4. The highest BCUT2D eigenvalue weighted by Gasteiger charge is 2.18. The van der Waals surface area contributed by atoms with E-state index in [1.807, 2.05) is 28.8 Å². The summed E-state index contributed by atoms with van der Waals surface area (Å²) in [6.45, 7) is 0.781. The summed E-state index contributed by atoms with van der Waals surface area (Å²) in [5.74, 6) is 0.986. The zero-order chi connectivity index (χ0) is 22.7. The number of hydrogen-bond acceptors (Lipinski definition) is 9. The monoisotopic (exact) mass is 474 g/mol. The molecular weight excluding hydrogens is 452 g/mol. The number of sulfonamides is 1. The van der Waals surface area contributed by atoms with Gasteiger partial charge in [0, 0.05) is 29.7 Å². The highest BCUT2D eigenvalue weighted by Crippen LogP contribution is 2.38. The van der Waals surface area contributed by atoms with Crippen molar-refractivity contribution < 1.29 is 13.2 Å². The van der Waals surface area contributed by atoms with Crippen molar-refractivity contribution in [3.05, 3.63) is 36.8 Å². The predicted molar refractivity (Wildman–Crippen MR) is 122 cm³/mol. The Balaban J connectivity index is 1.72. The zero-order valence-corrected chi connectivity index (χ0v) is 19.1. The van der Waals surface area contributed by atoms with Crippen LogP contribution in [0.25, 0.3) is 22.4 Å². The van der Waals surface area contributed by atoms with Crippen molar-refractivity contribution in [1.82, 2.24) is 34.4 Å². The lowest BCUT2D eigenvalue weighted by molar-refractivity contribution is 0.414. The van der Waals surface area contributed by atoms with E-state index in [1.165, 1.54) is 18.1 Å². The van der Waals surface area contributed by atoms with E-state index in [4.69, 9.17) is 10.5 Å². The molecule has 3 aromatic heterocycles. The van der Waals surface area contributed by atoms with Crippen molar-refractivity contribution >= 4 is 38.8 Å². The number of nitrogens with one attached hydrogen (secondary N) is 2. The van der Waals surface area contributed by atoms with E-state index in [9.17, 15) is 8.42 Å². The van der Waals surface area contributed by atoms with Gasteiger partial charge in [0.2, 0.25) is 10.0 Å². The van der Waals surface area contributed by atoms with Crippen LogP contribution in [0.2, 0.25) is 0 Å². The molecule has 0 bridgehead atoms. The molecule has 0 spiro atoms. The normalized spacial score (nSPS) is 11.8. The van der Waals surface area contributed by atoms with E-state index in [1.54, 1.807) is 13.3 Å². The Bertz CT molecular complexity index is 1340. The number of benzene rings is 1. The number of imidazole rings is 1. The molecule has 4 rings (SSSR count). The number of aryl methyl sites for hydroxylation is 1. The fourth-order valence-corrected chi connectivity index (χ4v) is 4.75. The molecule has 0 saturated heterocycles. The average molecular weight is 475 g/mol. The third-order valence-electron chi connectivity index (χ3n) is 4.63. The third kappa shape index (κ3) is 4.84. The lowest BCUT2D eigenvalue weighted by Crippen LogP contribution is -2.24. The Morgan fingerprint density at radius 1 is 1.28 bits per heavy atom. The summed E-state index contributed by atoms with van der Waals surface area (Å²) in [7, 11) is -1.65. The molecule has 0 amide bonds. The van der Waals surface area contributed by atoms with Crippen molar-refractivity contribution in [1.29, 1.82) is 0 Å². The molecular formula is C19H22N8O3S2. The van der Waals surface area contributed by atoms with E-state index in [-0.39, 0.29) is 5.82 Å². The number of methoxy groups -OCH3 is 1. The van der Waals surface area contributed by atoms with E-state index < -0.39 is 10.0 Å². The van der Waals surface area contributed by atoms with Gasteiger partial charge in [-0.3, -0.25) is 5.10 Å². The Hall–Kier alpha value is -3.16. The minimum absolute atomic E-state index is 0.282. The highest BCUT2D eigenvalue weighted by molar-refractivity contribution is 7.99. The van der Waals surface area contributed by atoms with Gasteiger partial charge in [-0.1, -0.05) is 11.8 Å². The number of ether oxygens (including phenoxy) is 1. The van der Waals surface area contributed by atoms with Crippen LogP contribution in [-0.2, 0) is 16.6 Å². The number of nitrogens with zero attached hydrogens (tertiary/aromatic N) is 5. The number of nitrogens with two attached hydrogens (primary N) is 1. The average Bonchev–Trinajstić information content (AvgIpc) is 3.40. The van der Waals surface area contributed by atoms with Gasteiger partial charge in [-0.2, -0.15) is 5.10 Å². The van der Waals surface area contributed by atoms with Crippen molar-refractivity contribution in [2.75, 3.05) is 25.6 Å². The van der Waals surface area contributed by atoms with Crippen LogP contribution in [0.1, 0.15) is 6.42 Å². The number of rotatable bonds is 9. The largest absolute Gasteiger partial charge is 0.497 e. The molecule has 1 aromatic carbocycles. The quantitative estimate of drug-likeness (QED) is 0.309. The molecule has 0 unspecified atom stereocenters. The Labute approximate surface area is 188 Å². The minimum atomic E-state index is -3.26. The second-order valence-electron chi connectivity index (χ2n) is 6.93. The maximum Gasteiger partial charge on any atom is 0.208 e. The van der Waals surface area contributed by atoms with E-state index in [2.05, 4.69) is 29.9 Å². The summed E-state index contributed by atoms with van der Waals surface area (Å²) in [6, 6.07) is 7.63. The second kappa shape index (κ2) is 9.14. The topological polar surface area (TPSA) is 154 Å². The first-order chi connectivity index (χ1) is 15.4. The van der Waals surface area contributed by atoms with Crippen LogP contribution in [0, 0.1) is 0 Å². The van der Waals surface area contributed by atoms with E-state index >= 15 is 0 Å². The first kappa shape index (κ1) is 22.0. The highest BCUT2D eigenvalue weighted by atomic mass is 32.2. The minimum Gasteiger partial charge on any atom is -0.497 e. The summed E-state index contributed by atoms with van der Waals surface area (Å²) in [5, 5.41) is 7.68. The van der Waals surface area contributed by atoms with Crippen LogP contribution in [0.4, 0.5) is 5.82 Å². The van der Waals surface area contributed by atoms with Crippen LogP contribution >= 0.6 is 11.8 Å². The second-order valence-corrected chi connectivity index (χ2v) is 9.77. The fourth-order valence-electron chi connectivity index (χ4n) is 3.15. The molecule has 0 radical (unpaired) electrons. The van der Waals surface area contributed by atoms with Gasteiger partial charge >= 0.3 is 0 Å². The van der Waals surface area contributed by atoms with Gasteiger partial charge in [0.05, 0.1) is 19.1 Å². The summed E-state index contributed by atoms with van der Waals surface area (Å²) >= 11 is 1.43. The van der Waals surface area contributed by atoms with E-state index in [0.717, 1.165) is 22.4 Å². The smallest absolute Gasteiger partial charge is 0.208 e. The molecule has 3 heterocycles. The SMILES string of the molecule is COc1ccc(-c2ccn[nH]2)c(Sc2nc3c(N)ncnc3n2CCCNS(C)(=O)=O)c1. The van der Waals surface area contributed by atoms with Crippen LogP contribution in [0.5, 0.6) is 5.75 Å². The molecule has 4 N–H and O–H groups in total. The van der Waals surface area contributed by atoms with Crippen LogP contribution in [-0.4, -0.2) is 58.0 Å². The standard InChI is InChI=1S/C19H22N8O3S2/c1-30-12-4-5-13(14-6-8-23-26-14)15(10-12)31-19-25-16-17(20)21-11-22-18(16)27(19)9-3-7-24-32(2,28)29/h4-6,8,10-11,24H,3,7,9H2,1-2H3,(H,23,26)(H2,20,21,22). The van der Waals surface area contributed by atoms with Crippen molar-refractivity contribution in [2.45, 2.75) is 23.0 Å². The fraction of sp³-hybridized carbons (Fsp3) is 0.263. The van der Waals surface area contributed by atoms with Crippen LogP contribution in [0.3, 0.4) is 0 Å². The van der Waals surface area contributed by atoms with Crippen LogP contribution in [0.15, 0.2) is 46.8 Å². The first-order valence-electron chi connectivity index (χ1n) is 9.62. The molecule has 13 heteroatoms. The zero-order valence-electron chi connectivity index (χ0n) is 17.4. The molecule has 11 nitrogen and oxygen atoms in total. The maximum absolute atomic E-state index is 11.4. The van der Waals surface area contributed by atoms with Crippen molar-refractivity contribution in [3.8, 4) is 17.0 Å². The first-order valence-corrected chi connectivity index (χ1v) is 12.3. The number of nitrogen functional groups attached to an aromatic ring is 1. The Morgan fingerprint density at radius 2 is 2.12 bits per heavy atom. The van der Waals surface area contributed by atoms with Gasteiger partial charge in [-0.05, 0) is 30.7 Å². The molecule has 32 heavy (non-hydrogen) atoms.